The molecule has 0 radical (unpaired) electrons. The predicted molar refractivity (Wildman–Crippen MR) is 80.2 cm³/mol. The molecule has 1 aromatic rings. The fourth-order valence-corrected chi connectivity index (χ4v) is 3.78. The van der Waals surface area contributed by atoms with Gasteiger partial charge >= 0.3 is 0 Å². The molecule has 0 aromatic heterocycles. The number of hydrogen-bond acceptors (Lipinski definition) is 3. The van der Waals surface area contributed by atoms with Crippen LogP contribution >= 0.6 is 11.8 Å². The van der Waals surface area contributed by atoms with Crippen molar-refractivity contribution >= 4 is 17.4 Å². The normalized spacial score (nSPS) is 23.8. The molecule has 2 rings (SSSR count). The lowest BCUT2D eigenvalue weighted by atomic mass is 9.91. The standard InChI is InChI=1S/C15H23NOS/c1-12-3-2-4-15(11-12)18-10-9-17-14-7-5-13(16)6-8-14/h5-8,12,15H,2-4,9-11,16H2,1H3. The van der Waals surface area contributed by atoms with Gasteiger partial charge in [-0.2, -0.15) is 11.8 Å². The third kappa shape index (κ3) is 4.45. The van der Waals surface area contributed by atoms with Crippen LogP contribution in [0.15, 0.2) is 24.3 Å². The number of nitrogens with two attached hydrogens (primary N) is 1. The Bertz CT molecular complexity index is 352. The predicted octanol–water partition coefficient (Wildman–Crippen LogP) is 3.96. The second kappa shape index (κ2) is 6.93. The molecule has 2 nitrogen and oxygen atoms in total. The molecule has 18 heavy (non-hydrogen) atoms. The molecule has 1 aliphatic rings. The second-order valence-electron chi connectivity index (χ2n) is 5.18. The molecule has 0 bridgehead atoms. The highest BCUT2D eigenvalue weighted by atomic mass is 32.2. The maximum absolute atomic E-state index is 5.70. The van der Waals surface area contributed by atoms with Crippen LogP contribution in [0.4, 0.5) is 5.69 Å². The van der Waals surface area contributed by atoms with Crippen molar-refractivity contribution in [3.05, 3.63) is 24.3 Å². The van der Waals surface area contributed by atoms with Crippen LogP contribution in [0, 0.1) is 5.92 Å². The molecule has 2 atom stereocenters. The number of benzene rings is 1. The highest BCUT2D eigenvalue weighted by molar-refractivity contribution is 7.99. The first-order valence-corrected chi connectivity index (χ1v) is 7.89. The SMILES string of the molecule is CC1CCCC(SCCOc2ccc(N)cc2)C1. The summed E-state index contributed by atoms with van der Waals surface area (Å²) in [6.07, 6.45) is 5.58. The van der Waals surface area contributed by atoms with Crippen LogP contribution in [0.5, 0.6) is 5.75 Å². The number of anilines is 1. The molecule has 0 saturated heterocycles. The zero-order chi connectivity index (χ0) is 12.8. The molecule has 0 aliphatic heterocycles. The summed E-state index contributed by atoms with van der Waals surface area (Å²) in [7, 11) is 0. The summed E-state index contributed by atoms with van der Waals surface area (Å²) < 4.78 is 5.70. The fourth-order valence-electron chi connectivity index (χ4n) is 2.47. The minimum Gasteiger partial charge on any atom is -0.493 e. The highest BCUT2D eigenvalue weighted by Gasteiger charge is 2.18. The minimum absolute atomic E-state index is 0.785. The highest BCUT2D eigenvalue weighted by Crippen LogP contribution is 2.31. The van der Waals surface area contributed by atoms with Crippen molar-refractivity contribution in [3.8, 4) is 5.75 Å². The second-order valence-corrected chi connectivity index (χ2v) is 6.59. The summed E-state index contributed by atoms with van der Waals surface area (Å²) >= 11 is 2.07. The van der Waals surface area contributed by atoms with Gasteiger partial charge < -0.3 is 10.5 Å². The monoisotopic (exact) mass is 265 g/mol. The van der Waals surface area contributed by atoms with Crippen molar-refractivity contribution in [1.82, 2.24) is 0 Å². The van der Waals surface area contributed by atoms with E-state index in [1.807, 2.05) is 24.3 Å². The minimum atomic E-state index is 0.785. The Morgan fingerprint density at radius 1 is 1.28 bits per heavy atom. The lowest BCUT2D eigenvalue weighted by Crippen LogP contribution is -2.16. The van der Waals surface area contributed by atoms with Crippen LogP contribution in [0.2, 0.25) is 0 Å². The molecule has 0 spiro atoms. The van der Waals surface area contributed by atoms with Crippen molar-refractivity contribution in [3.63, 3.8) is 0 Å². The van der Waals surface area contributed by atoms with Crippen molar-refractivity contribution in [1.29, 1.82) is 0 Å². The van der Waals surface area contributed by atoms with Gasteiger partial charge in [0.1, 0.15) is 5.75 Å². The topological polar surface area (TPSA) is 35.2 Å². The first-order valence-electron chi connectivity index (χ1n) is 6.84. The van der Waals surface area contributed by atoms with Crippen molar-refractivity contribution in [2.75, 3.05) is 18.1 Å². The first kappa shape index (κ1) is 13.6. The Hall–Kier alpha value is -0.830. The summed E-state index contributed by atoms with van der Waals surface area (Å²) in [5, 5.41) is 0.851. The number of rotatable bonds is 5. The van der Waals surface area contributed by atoms with Gasteiger partial charge in [-0.15, -0.1) is 0 Å². The molecule has 2 unspecified atom stereocenters. The van der Waals surface area contributed by atoms with Gasteiger partial charge in [-0.25, -0.2) is 0 Å². The van der Waals surface area contributed by atoms with Crippen LogP contribution in [-0.2, 0) is 0 Å². The molecular formula is C15H23NOS. The maximum atomic E-state index is 5.70. The Labute approximate surface area is 114 Å². The van der Waals surface area contributed by atoms with E-state index in [-0.39, 0.29) is 0 Å². The Balaban J connectivity index is 1.62. The maximum Gasteiger partial charge on any atom is 0.119 e. The Morgan fingerprint density at radius 2 is 2.06 bits per heavy atom. The van der Waals surface area contributed by atoms with Gasteiger partial charge in [-0.05, 0) is 43.0 Å². The van der Waals surface area contributed by atoms with Crippen LogP contribution in [0.1, 0.15) is 32.6 Å². The lowest BCUT2D eigenvalue weighted by Gasteiger charge is -2.26. The molecule has 0 heterocycles. The van der Waals surface area contributed by atoms with Crippen molar-refractivity contribution in [2.45, 2.75) is 37.9 Å². The molecule has 1 aliphatic carbocycles. The summed E-state index contributed by atoms with van der Waals surface area (Å²) in [5.74, 6) is 2.91. The Kier molecular flexibility index (Phi) is 5.24. The van der Waals surface area contributed by atoms with E-state index in [2.05, 4.69) is 18.7 Å². The first-order chi connectivity index (χ1) is 8.74. The quantitative estimate of drug-likeness (QED) is 0.646. The number of thioether (sulfide) groups is 1. The van der Waals surface area contributed by atoms with Gasteiger partial charge in [-0.1, -0.05) is 19.8 Å². The number of ether oxygens (including phenoxy) is 1. The van der Waals surface area contributed by atoms with E-state index >= 15 is 0 Å². The van der Waals surface area contributed by atoms with Gasteiger partial charge in [0.05, 0.1) is 6.61 Å². The van der Waals surface area contributed by atoms with Gasteiger partial charge in [0.2, 0.25) is 0 Å². The van der Waals surface area contributed by atoms with Gasteiger partial charge in [-0.3, -0.25) is 0 Å². The van der Waals surface area contributed by atoms with E-state index < -0.39 is 0 Å². The molecule has 100 valence electrons. The average Bonchev–Trinajstić information content (AvgIpc) is 2.37. The smallest absolute Gasteiger partial charge is 0.119 e. The number of hydrogen-bond donors (Lipinski definition) is 1. The van der Waals surface area contributed by atoms with Crippen molar-refractivity contribution < 1.29 is 4.74 Å². The molecule has 0 amide bonds. The van der Waals surface area contributed by atoms with E-state index in [0.717, 1.165) is 35.0 Å². The van der Waals surface area contributed by atoms with Crippen LogP contribution < -0.4 is 10.5 Å². The van der Waals surface area contributed by atoms with E-state index in [1.165, 1.54) is 25.7 Å². The Morgan fingerprint density at radius 3 is 2.78 bits per heavy atom. The van der Waals surface area contributed by atoms with Gasteiger partial charge in [0.15, 0.2) is 0 Å². The molecular weight excluding hydrogens is 242 g/mol. The van der Waals surface area contributed by atoms with Crippen LogP contribution in [0.25, 0.3) is 0 Å². The molecule has 1 fully saturated rings. The lowest BCUT2D eigenvalue weighted by molar-refractivity contribution is 0.342. The van der Waals surface area contributed by atoms with Crippen molar-refractivity contribution in [2.24, 2.45) is 5.92 Å². The zero-order valence-corrected chi connectivity index (χ0v) is 11.9. The van der Waals surface area contributed by atoms with E-state index in [9.17, 15) is 0 Å². The van der Waals surface area contributed by atoms with E-state index in [4.69, 9.17) is 10.5 Å². The molecule has 3 heteroatoms. The molecule has 2 N–H and O–H groups in total. The van der Waals surface area contributed by atoms with Crippen LogP contribution in [0.3, 0.4) is 0 Å². The summed E-state index contributed by atoms with van der Waals surface area (Å²) in [6, 6.07) is 7.63. The summed E-state index contributed by atoms with van der Waals surface area (Å²) in [4.78, 5) is 0. The summed E-state index contributed by atoms with van der Waals surface area (Å²) in [5.41, 5.74) is 6.42. The summed E-state index contributed by atoms with van der Waals surface area (Å²) in [6.45, 7) is 3.16. The third-order valence-corrected chi connectivity index (χ3v) is 4.78. The molecule has 1 saturated carbocycles. The van der Waals surface area contributed by atoms with Crippen LogP contribution in [-0.4, -0.2) is 17.6 Å². The van der Waals surface area contributed by atoms with E-state index in [1.54, 1.807) is 0 Å². The zero-order valence-electron chi connectivity index (χ0n) is 11.1. The van der Waals surface area contributed by atoms with Gasteiger partial charge in [0, 0.05) is 16.7 Å². The average molecular weight is 265 g/mol. The molecule has 1 aromatic carbocycles. The van der Waals surface area contributed by atoms with E-state index in [0.29, 0.717) is 0 Å². The largest absolute Gasteiger partial charge is 0.493 e. The van der Waals surface area contributed by atoms with Gasteiger partial charge in [0.25, 0.3) is 0 Å². The number of nitrogen functional groups attached to an aromatic ring is 1. The third-order valence-electron chi connectivity index (χ3n) is 3.47. The fraction of sp³-hybridized carbons (Fsp3) is 0.600.